The van der Waals surface area contributed by atoms with Gasteiger partial charge in [-0.15, -0.1) is 0 Å². The third-order valence-electron chi connectivity index (χ3n) is 4.97. The van der Waals surface area contributed by atoms with E-state index in [9.17, 15) is 4.79 Å². The Hall–Kier alpha value is -1.40. The molecule has 6 heteroatoms. The summed E-state index contributed by atoms with van der Waals surface area (Å²) in [6.07, 6.45) is 9.06. The van der Waals surface area contributed by atoms with E-state index < -0.39 is 6.10 Å². The second kappa shape index (κ2) is 8.12. The van der Waals surface area contributed by atoms with Crippen molar-refractivity contribution in [2.45, 2.75) is 70.7 Å². The minimum absolute atomic E-state index is 0.0946. The second-order valence-electron chi connectivity index (χ2n) is 7.03. The van der Waals surface area contributed by atoms with Gasteiger partial charge in [-0.3, -0.25) is 9.48 Å². The molecule has 0 saturated carbocycles. The zero-order valence-corrected chi connectivity index (χ0v) is 14.8. The number of carbonyl (C=O) groups is 1. The Morgan fingerprint density at radius 2 is 2.29 bits per heavy atom. The molecule has 0 N–H and O–H groups in total. The van der Waals surface area contributed by atoms with Crippen LogP contribution in [0.25, 0.3) is 0 Å². The van der Waals surface area contributed by atoms with Crippen molar-refractivity contribution in [3.63, 3.8) is 0 Å². The number of hydrogen-bond donors (Lipinski definition) is 0. The van der Waals surface area contributed by atoms with Gasteiger partial charge in [0.15, 0.2) is 0 Å². The summed E-state index contributed by atoms with van der Waals surface area (Å²) < 4.78 is 13.4. The smallest absolute Gasteiger partial charge is 0.251 e. The van der Waals surface area contributed by atoms with Crippen LogP contribution in [0.15, 0.2) is 12.4 Å². The van der Waals surface area contributed by atoms with Gasteiger partial charge in [-0.1, -0.05) is 0 Å². The van der Waals surface area contributed by atoms with E-state index in [1.165, 1.54) is 6.42 Å². The number of aromatic nitrogens is 2. The summed E-state index contributed by atoms with van der Waals surface area (Å²) in [6, 6.07) is 0.216. The van der Waals surface area contributed by atoms with Crippen molar-refractivity contribution in [1.82, 2.24) is 14.7 Å². The summed E-state index contributed by atoms with van der Waals surface area (Å²) in [7, 11) is 0. The van der Waals surface area contributed by atoms with E-state index in [2.05, 4.69) is 5.10 Å². The molecule has 2 saturated heterocycles. The Kier molecular flexibility index (Phi) is 5.89. The lowest BCUT2D eigenvalue weighted by atomic mass is 10.1. The third-order valence-corrected chi connectivity index (χ3v) is 4.97. The van der Waals surface area contributed by atoms with E-state index in [-0.39, 0.29) is 18.1 Å². The number of nitrogens with zero attached hydrogens (tertiary/aromatic N) is 3. The SMILES string of the molecule is Cc1cnn(C[C@@H]2CCCN2C(=O)[C@@H](C)OC[C@@H]2CCCCO2)c1. The molecule has 2 aliphatic rings. The van der Waals surface area contributed by atoms with Crippen LogP contribution in [0.5, 0.6) is 0 Å². The minimum Gasteiger partial charge on any atom is -0.376 e. The molecule has 0 radical (unpaired) electrons. The van der Waals surface area contributed by atoms with Crippen molar-refractivity contribution in [3.8, 4) is 0 Å². The summed E-state index contributed by atoms with van der Waals surface area (Å²) in [5, 5.41) is 4.35. The first-order valence-electron chi connectivity index (χ1n) is 9.16. The lowest BCUT2D eigenvalue weighted by Gasteiger charge is -2.29. The summed E-state index contributed by atoms with van der Waals surface area (Å²) in [5.74, 6) is 0.0946. The zero-order chi connectivity index (χ0) is 16.9. The fourth-order valence-electron chi connectivity index (χ4n) is 3.59. The molecule has 134 valence electrons. The van der Waals surface area contributed by atoms with Crippen molar-refractivity contribution < 1.29 is 14.3 Å². The largest absolute Gasteiger partial charge is 0.376 e. The number of amides is 1. The van der Waals surface area contributed by atoms with Crippen molar-refractivity contribution in [3.05, 3.63) is 18.0 Å². The minimum atomic E-state index is -0.407. The molecule has 0 bridgehead atoms. The van der Waals surface area contributed by atoms with Crippen molar-refractivity contribution in [2.75, 3.05) is 19.8 Å². The first-order chi connectivity index (χ1) is 11.6. The van der Waals surface area contributed by atoms with Gasteiger partial charge in [0.25, 0.3) is 5.91 Å². The molecule has 1 amide bonds. The zero-order valence-electron chi connectivity index (χ0n) is 14.8. The number of ether oxygens (including phenoxy) is 2. The molecular formula is C18H29N3O3. The first-order valence-corrected chi connectivity index (χ1v) is 9.16. The van der Waals surface area contributed by atoms with Crippen LogP contribution in [0.2, 0.25) is 0 Å². The highest BCUT2D eigenvalue weighted by Gasteiger charge is 2.32. The molecule has 2 aliphatic heterocycles. The maximum Gasteiger partial charge on any atom is 0.251 e. The topological polar surface area (TPSA) is 56.6 Å². The maximum absolute atomic E-state index is 12.8. The molecule has 2 fully saturated rings. The fraction of sp³-hybridized carbons (Fsp3) is 0.778. The van der Waals surface area contributed by atoms with E-state index >= 15 is 0 Å². The highest BCUT2D eigenvalue weighted by Crippen LogP contribution is 2.21. The summed E-state index contributed by atoms with van der Waals surface area (Å²) in [4.78, 5) is 14.7. The predicted molar refractivity (Wildman–Crippen MR) is 90.7 cm³/mol. The maximum atomic E-state index is 12.8. The van der Waals surface area contributed by atoms with E-state index in [1.54, 1.807) is 0 Å². The number of rotatable bonds is 6. The van der Waals surface area contributed by atoms with Gasteiger partial charge >= 0.3 is 0 Å². The molecule has 0 aromatic carbocycles. The van der Waals surface area contributed by atoms with Crippen LogP contribution < -0.4 is 0 Å². The third kappa shape index (κ3) is 4.36. The Bertz CT molecular complexity index is 539. The highest BCUT2D eigenvalue weighted by molar-refractivity contribution is 5.81. The van der Waals surface area contributed by atoms with Crippen molar-refractivity contribution in [1.29, 1.82) is 0 Å². The number of hydrogen-bond acceptors (Lipinski definition) is 4. The average Bonchev–Trinajstić information content (AvgIpc) is 3.22. The number of aryl methyl sites for hydroxylation is 1. The van der Waals surface area contributed by atoms with Crippen LogP contribution >= 0.6 is 0 Å². The molecule has 1 aromatic heterocycles. The molecular weight excluding hydrogens is 306 g/mol. The van der Waals surface area contributed by atoms with Crippen LogP contribution in [-0.4, -0.2) is 58.6 Å². The highest BCUT2D eigenvalue weighted by atomic mass is 16.5. The normalized spacial score (nSPS) is 25.8. The molecule has 1 aromatic rings. The first kappa shape index (κ1) is 17.4. The monoisotopic (exact) mass is 335 g/mol. The summed E-state index contributed by atoms with van der Waals surface area (Å²) in [5.41, 5.74) is 1.15. The van der Waals surface area contributed by atoms with E-state index in [4.69, 9.17) is 9.47 Å². The standard InChI is InChI=1S/C18H29N3O3/c1-14-10-19-20(11-14)12-16-6-5-8-21(16)18(22)15(2)24-13-17-7-3-4-9-23-17/h10-11,15-17H,3-9,12-13H2,1-2H3/t15-,16+,17+/m1/s1. The Labute approximate surface area is 144 Å². The Balaban J connectivity index is 1.50. The lowest BCUT2D eigenvalue weighted by molar-refractivity contribution is -0.147. The summed E-state index contributed by atoms with van der Waals surface area (Å²) in [6.45, 7) is 6.80. The molecule has 6 nitrogen and oxygen atoms in total. The molecule has 3 atom stereocenters. The van der Waals surface area contributed by atoms with Crippen molar-refractivity contribution >= 4 is 5.91 Å². The molecule has 3 heterocycles. The van der Waals surface area contributed by atoms with E-state index in [1.807, 2.05) is 35.8 Å². The van der Waals surface area contributed by atoms with Gasteiger partial charge in [0, 0.05) is 19.3 Å². The van der Waals surface area contributed by atoms with Crippen LogP contribution in [0.1, 0.15) is 44.6 Å². The summed E-state index contributed by atoms with van der Waals surface area (Å²) >= 11 is 0. The van der Waals surface area contributed by atoms with Gasteiger partial charge in [0.05, 0.1) is 31.5 Å². The van der Waals surface area contributed by atoms with Gasteiger partial charge < -0.3 is 14.4 Å². The van der Waals surface area contributed by atoms with Crippen LogP contribution in [0, 0.1) is 6.92 Å². The van der Waals surface area contributed by atoms with E-state index in [0.717, 1.165) is 50.9 Å². The predicted octanol–water partition coefficient (Wildman–Crippen LogP) is 2.16. The van der Waals surface area contributed by atoms with Gasteiger partial charge in [0.2, 0.25) is 0 Å². The average molecular weight is 335 g/mol. The number of likely N-dealkylation sites (tertiary alicyclic amines) is 1. The van der Waals surface area contributed by atoms with Gasteiger partial charge in [0.1, 0.15) is 6.10 Å². The molecule has 0 spiro atoms. The van der Waals surface area contributed by atoms with Gasteiger partial charge in [-0.05, 0) is 51.5 Å². The Morgan fingerprint density at radius 3 is 3.00 bits per heavy atom. The molecule has 0 aliphatic carbocycles. The number of carbonyl (C=O) groups excluding carboxylic acids is 1. The van der Waals surface area contributed by atoms with Crippen molar-refractivity contribution in [2.24, 2.45) is 0 Å². The van der Waals surface area contributed by atoms with Crippen LogP contribution in [-0.2, 0) is 20.8 Å². The van der Waals surface area contributed by atoms with Crippen LogP contribution in [0.4, 0.5) is 0 Å². The molecule has 0 unspecified atom stereocenters. The van der Waals surface area contributed by atoms with Crippen LogP contribution in [0.3, 0.4) is 0 Å². The second-order valence-corrected chi connectivity index (χ2v) is 7.03. The van der Waals surface area contributed by atoms with E-state index in [0.29, 0.717) is 6.61 Å². The fourth-order valence-corrected chi connectivity index (χ4v) is 3.59. The lowest BCUT2D eigenvalue weighted by Crippen LogP contribution is -2.44. The Morgan fingerprint density at radius 1 is 1.42 bits per heavy atom. The quantitative estimate of drug-likeness (QED) is 0.799. The molecule has 3 rings (SSSR count). The van der Waals surface area contributed by atoms with Gasteiger partial charge in [-0.25, -0.2) is 0 Å². The van der Waals surface area contributed by atoms with Gasteiger partial charge in [-0.2, -0.15) is 5.10 Å². The molecule has 24 heavy (non-hydrogen) atoms.